The quantitative estimate of drug-likeness (QED) is 0.644. The molecule has 116 valence electrons. The lowest BCUT2D eigenvalue weighted by atomic mass is 10.0. The van der Waals surface area contributed by atoms with Gasteiger partial charge in [0.05, 0.1) is 6.04 Å². The van der Waals surface area contributed by atoms with Gasteiger partial charge in [-0.1, -0.05) is 43.7 Å². The second-order valence-electron chi connectivity index (χ2n) is 5.25. The second-order valence-corrected chi connectivity index (χ2v) is 5.25. The monoisotopic (exact) mass is 292 g/mol. The molecule has 5 nitrogen and oxygen atoms in total. The first-order chi connectivity index (χ1) is 10.0. The van der Waals surface area contributed by atoms with Gasteiger partial charge in [0, 0.05) is 13.0 Å². The number of carboxylic acids is 1. The Morgan fingerprint density at radius 3 is 2.52 bits per heavy atom. The third-order valence-electron chi connectivity index (χ3n) is 3.53. The van der Waals surface area contributed by atoms with Crippen LogP contribution in [0.1, 0.15) is 31.7 Å². The molecule has 0 heterocycles. The van der Waals surface area contributed by atoms with Crippen molar-refractivity contribution in [3.8, 4) is 0 Å². The van der Waals surface area contributed by atoms with Crippen LogP contribution in [-0.2, 0) is 16.0 Å². The molecule has 4 N–H and O–H groups in total. The molecule has 0 aliphatic rings. The van der Waals surface area contributed by atoms with Crippen molar-refractivity contribution in [2.75, 3.05) is 6.54 Å². The summed E-state index contributed by atoms with van der Waals surface area (Å²) in [5.74, 6) is -1.10. The Kier molecular flexibility index (Phi) is 7.46. The number of hydrogen-bond acceptors (Lipinski definition) is 3. The summed E-state index contributed by atoms with van der Waals surface area (Å²) in [6.07, 6.45) is 2.11. The molecule has 1 unspecified atom stereocenters. The number of aliphatic carboxylic acids is 1. The van der Waals surface area contributed by atoms with Crippen LogP contribution in [0.3, 0.4) is 0 Å². The first-order valence-electron chi connectivity index (χ1n) is 7.32. The van der Waals surface area contributed by atoms with E-state index in [1.54, 1.807) is 0 Å². The molecule has 1 amide bonds. The van der Waals surface area contributed by atoms with Gasteiger partial charge in [-0.3, -0.25) is 9.59 Å². The van der Waals surface area contributed by atoms with Crippen LogP contribution in [0, 0.1) is 5.92 Å². The summed E-state index contributed by atoms with van der Waals surface area (Å²) in [5.41, 5.74) is 7.02. The summed E-state index contributed by atoms with van der Waals surface area (Å²) < 4.78 is 0. The van der Waals surface area contributed by atoms with Crippen molar-refractivity contribution in [3.05, 3.63) is 35.9 Å². The fourth-order valence-electron chi connectivity index (χ4n) is 2.08. The number of carbonyl (C=O) groups is 2. The zero-order valence-corrected chi connectivity index (χ0v) is 12.4. The van der Waals surface area contributed by atoms with Gasteiger partial charge in [-0.2, -0.15) is 0 Å². The lowest BCUT2D eigenvalue weighted by molar-refractivity contribution is -0.138. The number of hydrogen-bond donors (Lipinski definition) is 3. The van der Waals surface area contributed by atoms with E-state index in [0.717, 1.165) is 12.0 Å². The Morgan fingerprint density at radius 1 is 1.29 bits per heavy atom. The van der Waals surface area contributed by atoms with Crippen LogP contribution in [0.5, 0.6) is 0 Å². The molecule has 0 aliphatic carbocycles. The zero-order valence-electron chi connectivity index (χ0n) is 12.4. The van der Waals surface area contributed by atoms with Crippen molar-refractivity contribution >= 4 is 11.9 Å². The zero-order chi connectivity index (χ0) is 15.7. The normalized spacial score (nSPS) is 13.4. The predicted molar refractivity (Wildman–Crippen MR) is 81.8 cm³/mol. The lowest BCUT2D eigenvalue weighted by Gasteiger charge is -2.16. The summed E-state index contributed by atoms with van der Waals surface area (Å²) in [6, 6.07) is 9.31. The molecule has 0 saturated carbocycles. The van der Waals surface area contributed by atoms with E-state index >= 15 is 0 Å². The van der Waals surface area contributed by atoms with Gasteiger partial charge in [-0.05, 0) is 24.3 Å². The molecule has 0 aliphatic heterocycles. The smallest absolute Gasteiger partial charge is 0.303 e. The van der Waals surface area contributed by atoms with Gasteiger partial charge >= 0.3 is 5.97 Å². The van der Waals surface area contributed by atoms with E-state index in [4.69, 9.17) is 10.8 Å². The SMILES string of the molecule is CCC(CNC(=O)[C@@H](N)CCc1ccccc1)CC(=O)O. The Hall–Kier alpha value is -1.88. The molecule has 21 heavy (non-hydrogen) atoms. The maximum absolute atomic E-state index is 11.9. The Morgan fingerprint density at radius 2 is 1.95 bits per heavy atom. The largest absolute Gasteiger partial charge is 0.481 e. The Balaban J connectivity index is 2.32. The molecule has 0 spiro atoms. The van der Waals surface area contributed by atoms with Gasteiger partial charge in [0.2, 0.25) is 5.91 Å². The van der Waals surface area contributed by atoms with Crippen LogP contribution in [0.2, 0.25) is 0 Å². The number of carboxylic acid groups (broad SMARTS) is 1. The Bertz CT molecular complexity index is 448. The summed E-state index contributed by atoms with van der Waals surface area (Å²) in [7, 11) is 0. The number of carbonyl (C=O) groups excluding carboxylic acids is 1. The van der Waals surface area contributed by atoms with Crippen molar-refractivity contribution in [2.24, 2.45) is 11.7 Å². The highest BCUT2D eigenvalue weighted by Crippen LogP contribution is 2.07. The maximum Gasteiger partial charge on any atom is 0.303 e. The number of rotatable bonds is 9. The van der Waals surface area contributed by atoms with Crippen LogP contribution in [0.15, 0.2) is 30.3 Å². The van der Waals surface area contributed by atoms with E-state index in [1.807, 2.05) is 37.3 Å². The minimum absolute atomic E-state index is 0.0484. The molecule has 1 rings (SSSR count). The van der Waals surface area contributed by atoms with E-state index < -0.39 is 12.0 Å². The lowest BCUT2D eigenvalue weighted by Crippen LogP contribution is -2.42. The van der Waals surface area contributed by atoms with Crippen LogP contribution >= 0.6 is 0 Å². The second kappa shape index (κ2) is 9.13. The molecule has 1 aromatic rings. The molecule has 5 heteroatoms. The molecular weight excluding hydrogens is 268 g/mol. The van der Waals surface area contributed by atoms with Gasteiger partial charge < -0.3 is 16.2 Å². The molecule has 0 bridgehead atoms. The van der Waals surface area contributed by atoms with Crippen molar-refractivity contribution < 1.29 is 14.7 Å². The number of nitrogens with one attached hydrogen (secondary N) is 1. The van der Waals surface area contributed by atoms with Crippen LogP contribution < -0.4 is 11.1 Å². The van der Waals surface area contributed by atoms with Gasteiger partial charge in [0.15, 0.2) is 0 Å². The van der Waals surface area contributed by atoms with E-state index in [1.165, 1.54) is 0 Å². The maximum atomic E-state index is 11.9. The third-order valence-corrected chi connectivity index (χ3v) is 3.53. The topological polar surface area (TPSA) is 92.4 Å². The molecule has 0 radical (unpaired) electrons. The minimum atomic E-state index is -0.843. The fraction of sp³-hybridized carbons (Fsp3) is 0.500. The number of nitrogens with two attached hydrogens (primary N) is 1. The first-order valence-corrected chi connectivity index (χ1v) is 7.32. The third kappa shape index (κ3) is 6.90. The van der Waals surface area contributed by atoms with Crippen LogP contribution in [-0.4, -0.2) is 29.6 Å². The molecular formula is C16H24N2O3. The highest BCUT2D eigenvalue weighted by molar-refractivity contribution is 5.81. The van der Waals surface area contributed by atoms with Crippen molar-refractivity contribution in [1.82, 2.24) is 5.32 Å². The summed E-state index contributed by atoms with van der Waals surface area (Å²) in [5, 5.41) is 11.5. The Labute approximate surface area is 125 Å². The average molecular weight is 292 g/mol. The standard InChI is InChI=1S/C16H24N2O3/c1-2-12(10-15(19)20)11-18-16(21)14(17)9-8-13-6-4-3-5-7-13/h3-7,12,14H,2,8-11,17H2,1H3,(H,18,21)(H,19,20)/t12?,14-/m0/s1. The van der Waals surface area contributed by atoms with Crippen molar-refractivity contribution in [2.45, 2.75) is 38.6 Å². The van der Waals surface area contributed by atoms with Gasteiger partial charge in [0.1, 0.15) is 0 Å². The molecule has 0 saturated heterocycles. The molecule has 0 aromatic heterocycles. The van der Waals surface area contributed by atoms with Crippen molar-refractivity contribution in [1.29, 1.82) is 0 Å². The molecule has 2 atom stereocenters. The average Bonchev–Trinajstić information content (AvgIpc) is 2.49. The summed E-state index contributed by atoms with van der Waals surface area (Å²) in [6.45, 7) is 2.27. The highest BCUT2D eigenvalue weighted by Gasteiger charge is 2.16. The van der Waals surface area contributed by atoms with E-state index in [0.29, 0.717) is 19.4 Å². The van der Waals surface area contributed by atoms with E-state index in [-0.39, 0.29) is 18.2 Å². The minimum Gasteiger partial charge on any atom is -0.481 e. The van der Waals surface area contributed by atoms with Crippen LogP contribution in [0.4, 0.5) is 0 Å². The summed E-state index contributed by atoms with van der Waals surface area (Å²) in [4.78, 5) is 22.6. The van der Waals surface area contributed by atoms with Gasteiger partial charge in [0.25, 0.3) is 0 Å². The number of benzene rings is 1. The first kappa shape index (κ1) is 17.2. The van der Waals surface area contributed by atoms with Crippen molar-refractivity contribution in [3.63, 3.8) is 0 Å². The van der Waals surface area contributed by atoms with Gasteiger partial charge in [-0.25, -0.2) is 0 Å². The van der Waals surface area contributed by atoms with E-state index in [2.05, 4.69) is 5.32 Å². The molecule has 1 aromatic carbocycles. The number of aryl methyl sites for hydroxylation is 1. The van der Waals surface area contributed by atoms with E-state index in [9.17, 15) is 9.59 Å². The molecule has 0 fully saturated rings. The van der Waals surface area contributed by atoms with Crippen LogP contribution in [0.25, 0.3) is 0 Å². The summed E-state index contributed by atoms with van der Waals surface area (Å²) >= 11 is 0. The highest BCUT2D eigenvalue weighted by atomic mass is 16.4. The van der Waals surface area contributed by atoms with Gasteiger partial charge in [-0.15, -0.1) is 0 Å². The predicted octanol–water partition coefficient (Wildman–Crippen LogP) is 1.56. The number of amides is 1. The fourth-order valence-corrected chi connectivity index (χ4v) is 2.08.